The molecule has 0 saturated heterocycles. The molecule has 0 radical (unpaired) electrons. The zero-order valence-electron chi connectivity index (χ0n) is 10.1. The molecule has 0 spiro atoms. The van der Waals surface area contributed by atoms with Crippen molar-refractivity contribution in [3.8, 4) is 0 Å². The van der Waals surface area contributed by atoms with Crippen LogP contribution in [0.4, 0.5) is 0 Å². The number of hydrogen-bond acceptors (Lipinski definition) is 4. The molecule has 2 rings (SSSR count). The van der Waals surface area contributed by atoms with E-state index < -0.39 is 5.91 Å². The van der Waals surface area contributed by atoms with E-state index in [1.165, 1.54) is 6.42 Å². The highest BCUT2D eigenvalue weighted by atomic mass is 16.5. The molecule has 17 heavy (non-hydrogen) atoms. The maximum atomic E-state index is 11.3. The summed E-state index contributed by atoms with van der Waals surface area (Å²) in [5.74, 6) is -0.0834. The third kappa shape index (κ3) is 2.46. The van der Waals surface area contributed by atoms with Gasteiger partial charge in [0.15, 0.2) is 5.69 Å². The van der Waals surface area contributed by atoms with Crippen molar-refractivity contribution in [2.24, 2.45) is 5.73 Å². The normalized spacial score (nSPS) is 15.8. The highest BCUT2D eigenvalue weighted by Crippen LogP contribution is 2.37. The number of methoxy groups -OCH3 is 1. The number of hydrogen-bond donors (Lipinski definition) is 1. The molecule has 1 fully saturated rings. The van der Waals surface area contributed by atoms with Gasteiger partial charge in [-0.2, -0.15) is 0 Å². The standard InChI is InChI=1S/C11H18N4O2/c1-17-7-3-6-15-10(8-4-2-5-8)9(11(12)16)13-14-15/h8H,2-7H2,1H3,(H2,12,16). The Bertz CT molecular complexity index is 398. The summed E-state index contributed by atoms with van der Waals surface area (Å²) in [6, 6.07) is 0. The lowest BCUT2D eigenvalue weighted by atomic mass is 9.82. The Morgan fingerprint density at radius 3 is 2.88 bits per heavy atom. The number of nitrogens with zero attached hydrogens (tertiary/aromatic N) is 3. The lowest BCUT2D eigenvalue weighted by Gasteiger charge is -2.26. The summed E-state index contributed by atoms with van der Waals surface area (Å²) in [4.78, 5) is 11.3. The Labute approximate surface area is 100 Å². The van der Waals surface area contributed by atoms with Gasteiger partial charge in [0.05, 0.1) is 5.69 Å². The molecule has 1 aromatic rings. The topological polar surface area (TPSA) is 83.0 Å². The van der Waals surface area contributed by atoms with E-state index in [0.717, 1.165) is 31.5 Å². The molecular weight excluding hydrogens is 220 g/mol. The van der Waals surface area contributed by atoms with Gasteiger partial charge in [0.1, 0.15) is 0 Å². The lowest BCUT2D eigenvalue weighted by Crippen LogP contribution is -2.21. The van der Waals surface area contributed by atoms with Crippen molar-refractivity contribution in [2.45, 2.75) is 38.1 Å². The molecule has 1 heterocycles. The van der Waals surface area contributed by atoms with Gasteiger partial charge in [-0.25, -0.2) is 4.68 Å². The highest BCUT2D eigenvalue weighted by molar-refractivity contribution is 5.92. The Morgan fingerprint density at radius 2 is 2.35 bits per heavy atom. The molecule has 0 aliphatic heterocycles. The number of nitrogens with two attached hydrogens (primary N) is 1. The number of rotatable bonds is 6. The van der Waals surface area contributed by atoms with Crippen molar-refractivity contribution in [3.63, 3.8) is 0 Å². The zero-order chi connectivity index (χ0) is 12.3. The molecule has 1 aliphatic carbocycles. The van der Waals surface area contributed by atoms with E-state index in [9.17, 15) is 4.79 Å². The van der Waals surface area contributed by atoms with Crippen LogP contribution in [0.15, 0.2) is 0 Å². The number of carbonyl (C=O) groups excluding carboxylic acids is 1. The minimum atomic E-state index is -0.482. The van der Waals surface area contributed by atoms with Crippen LogP contribution < -0.4 is 5.73 Å². The van der Waals surface area contributed by atoms with Crippen molar-refractivity contribution < 1.29 is 9.53 Å². The van der Waals surface area contributed by atoms with E-state index in [1.54, 1.807) is 7.11 Å². The van der Waals surface area contributed by atoms with E-state index in [0.29, 0.717) is 18.2 Å². The lowest BCUT2D eigenvalue weighted by molar-refractivity contribution is 0.0993. The summed E-state index contributed by atoms with van der Waals surface area (Å²) in [7, 11) is 1.67. The first-order valence-electron chi connectivity index (χ1n) is 5.96. The number of amides is 1. The summed E-state index contributed by atoms with van der Waals surface area (Å²) < 4.78 is 6.81. The fourth-order valence-electron chi connectivity index (χ4n) is 2.11. The van der Waals surface area contributed by atoms with E-state index >= 15 is 0 Å². The van der Waals surface area contributed by atoms with Crippen molar-refractivity contribution in [1.82, 2.24) is 15.0 Å². The summed E-state index contributed by atoms with van der Waals surface area (Å²) in [6.45, 7) is 1.40. The summed E-state index contributed by atoms with van der Waals surface area (Å²) in [5, 5.41) is 7.92. The van der Waals surface area contributed by atoms with Gasteiger partial charge in [0.2, 0.25) is 0 Å². The third-order valence-electron chi connectivity index (χ3n) is 3.22. The molecule has 94 valence electrons. The second kappa shape index (κ2) is 5.27. The van der Waals surface area contributed by atoms with Crippen LogP contribution in [0.5, 0.6) is 0 Å². The van der Waals surface area contributed by atoms with Crippen LogP contribution in [-0.4, -0.2) is 34.6 Å². The summed E-state index contributed by atoms with van der Waals surface area (Å²) in [6.07, 6.45) is 4.25. The number of aromatic nitrogens is 3. The molecule has 0 aromatic carbocycles. The fourth-order valence-corrected chi connectivity index (χ4v) is 2.11. The Hall–Kier alpha value is -1.43. The second-order valence-corrected chi connectivity index (χ2v) is 4.38. The Kier molecular flexibility index (Phi) is 3.73. The van der Waals surface area contributed by atoms with Crippen LogP contribution in [0.2, 0.25) is 0 Å². The van der Waals surface area contributed by atoms with Crippen LogP contribution >= 0.6 is 0 Å². The molecule has 6 nitrogen and oxygen atoms in total. The molecule has 6 heteroatoms. The average Bonchev–Trinajstić information content (AvgIpc) is 2.60. The Balaban J connectivity index is 2.16. The molecular formula is C11H18N4O2. The zero-order valence-corrected chi connectivity index (χ0v) is 10.1. The molecule has 0 unspecified atom stereocenters. The highest BCUT2D eigenvalue weighted by Gasteiger charge is 2.29. The summed E-state index contributed by atoms with van der Waals surface area (Å²) in [5.41, 5.74) is 6.58. The van der Waals surface area contributed by atoms with Crippen molar-refractivity contribution in [1.29, 1.82) is 0 Å². The SMILES string of the molecule is COCCCn1nnc(C(N)=O)c1C1CCC1. The largest absolute Gasteiger partial charge is 0.385 e. The molecule has 1 aliphatic rings. The van der Waals surface area contributed by atoms with E-state index in [1.807, 2.05) is 4.68 Å². The number of aryl methyl sites for hydroxylation is 1. The smallest absolute Gasteiger partial charge is 0.271 e. The minimum absolute atomic E-state index is 0.340. The summed E-state index contributed by atoms with van der Waals surface area (Å²) >= 11 is 0. The van der Waals surface area contributed by atoms with Crippen LogP contribution in [0, 0.1) is 0 Å². The third-order valence-corrected chi connectivity index (χ3v) is 3.22. The molecule has 1 amide bonds. The van der Waals surface area contributed by atoms with Gasteiger partial charge in [-0.3, -0.25) is 4.79 Å². The number of ether oxygens (including phenoxy) is 1. The van der Waals surface area contributed by atoms with Gasteiger partial charge in [-0.05, 0) is 19.3 Å². The van der Waals surface area contributed by atoms with Gasteiger partial charge >= 0.3 is 0 Å². The first-order valence-corrected chi connectivity index (χ1v) is 5.96. The first kappa shape index (κ1) is 12.0. The number of primary amides is 1. The molecule has 0 atom stereocenters. The minimum Gasteiger partial charge on any atom is -0.385 e. The van der Waals surface area contributed by atoms with Gasteiger partial charge in [-0.1, -0.05) is 11.6 Å². The molecule has 0 bridgehead atoms. The van der Waals surface area contributed by atoms with Crippen molar-refractivity contribution in [2.75, 3.05) is 13.7 Å². The van der Waals surface area contributed by atoms with E-state index in [2.05, 4.69) is 10.3 Å². The predicted octanol–water partition coefficient (Wildman–Crippen LogP) is 0.681. The van der Waals surface area contributed by atoms with Crippen molar-refractivity contribution in [3.05, 3.63) is 11.4 Å². The monoisotopic (exact) mass is 238 g/mol. The number of carbonyl (C=O) groups is 1. The van der Waals surface area contributed by atoms with E-state index in [4.69, 9.17) is 10.5 Å². The van der Waals surface area contributed by atoms with E-state index in [-0.39, 0.29) is 0 Å². The average molecular weight is 238 g/mol. The maximum absolute atomic E-state index is 11.3. The quantitative estimate of drug-likeness (QED) is 0.739. The second-order valence-electron chi connectivity index (χ2n) is 4.38. The molecule has 2 N–H and O–H groups in total. The predicted molar refractivity (Wildman–Crippen MR) is 61.6 cm³/mol. The van der Waals surface area contributed by atoms with Crippen LogP contribution in [0.1, 0.15) is 47.8 Å². The molecule has 1 saturated carbocycles. The first-order chi connectivity index (χ1) is 8.24. The van der Waals surface area contributed by atoms with Gasteiger partial charge in [-0.15, -0.1) is 5.10 Å². The maximum Gasteiger partial charge on any atom is 0.271 e. The van der Waals surface area contributed by atoms with Gasteiger partial charge < -0.3 is 10.5 Å². The van der Waals surface area contributed by atoms with Gasteiger partial charge in [0.25, 0.3) is 5.91 Å². The Morgan fingerprint density at radius 1 is 1.59 bits per heavy atom. The van der Waals surface area contributed by atoms with Crippen molar-refractivity contribution >= 4 is 5.91 Å². The van der Waals surface area contributed by atoms with Crippen LogP contribution in [-0.2, 0) is 11.3 Å². The van der Waals surface area contributed by atoms with Crippen LogP contribution in [0.25, 0.3) is 0 Å². The van der Waals surface area contributed by atoms with Gasteiger partial charge in [0, 0.05) is 26.2 Å². The molecule has 1 aromatic heterocycles. The van der Waals surface area contributed by atoms with Crippen LogP contribution in [0.3, 0.4) is 0 Å². The fraction of sp³-hybridized carbons (Fsp3) is 0.727.